The third kappa shape index (κ3) is 5.79. The van der Waals surface area contributed by atoms with E-state index in [0.717, 1.165) is 25.9 Å². The Bertz CT molecular complexity index is 350. The standard InChI is InChI=1S/C14H28N2O2S/c17-19(18)12-6-14(13-19)5-8-15-7-4-11-16-9-2-1-3-10-16/h14-15H,1-13H2. The first kappa shape index (κ1) is 15.3. The van der Waals surface area contributed by atoms with Gasteiger partial charge in [-0.3, -0.25) is 0 Å². The van der Waals surface area contributed by atoms with Crippen LogP contribution in [0.3, 0.4) is 0 Å². The fourth-order valence-corrected chi connectivity index (χ4v) is 5.05. The van der Waals surface area contributed by atoms with Gasteiger partial charge in [-0.1, -0.05) is 6.42 Å². The smallest absolute Gasteiger partial charge is 0.150 e. The lowest BCUT2D eigenvalue weighted by molar-refractivity contribution is 0.225. The summed E-state index contributed by atoms with van der Waals surface area (Å²) in [6, 6.07) is 0. The lowest BCUT2D eigenvalue weighted by Gasteiger charge is -2.26. The van der Waals surface area contributed by atoms with E-state index in [2.05, 4.69) is 10.2 Å². The van der Waals surface area contributed by atoms with E-state index in [4.69, 9.17) is 0 Å². The summed E-state index contributed by atoms with van der Waals surface area (Å²) in [5.41, 5.74) is 0. The third-order valence-electron chi connectivity index (χ3n) is 4.33. The Morgan fingerprint density at radius 3 is 2.58 bits per heavy atom. The van der Waals surface area contributed by atoms with Gasteiger partial charge in [0.05, 0.1) is 11.5 Å². The van der Waals surface area contributed by atoms with Crippen LogP contribution in [0.1, 0.15) is 38.5 Å². The molecule has 4 nitrogen and oxygen atoms in total. The van der Waals surface area contributed by atoms with E-state index in [9.17, 15) is 8.42 Å². The van der Waals surface area contributed by atoms with Gasteiger partial charge in [0.15, 0.2) is 9.84 Å². The Morgan fingerprint density at radius 1 is 1.11 bits per heavy atom. The molecule has 2 aliphatic heterocycles. The minimum Gasteiger partial charge on any atom is -0.317 e. The first-order chi connectivity index (χ1) is 9.16. The molecule has 2 saturated heterocycles. The molecule has 0 aromatic carbocycles. The average molecular weight is 288 g/mol. The van der Waals surface area contributed by atoms with Gasteiger partial charge in [-0.15, -0.1) is 0 Å². The second kappa shape index (κ2) is 7.60. The molecule has 0 aliphatic carbocycles. The molecule has 112 valence electrons. The Hall–Kier alpha value is -0.130. The molecular weight excluding hydrogens is 260 g/mol. The summed E-state index contributed by atoms with van der Waals surface area (Å²) in [6.07, 6.45) is 7.23. The van der Waals surface area contributed by atoms with Gasteiger partial charge in [-0.25, -0.2) is 8.42 Å². The number of nitrogens with one attached hydrogen (secondary N) is 1. The Morgan fingerprint density at radius 2 is 1.89 bits per heavy atom. The van der Waals surface area contributed by atoms with Crippen LogP contribution < -0.4 is 5.32 Å². The van der Waals surface area contributed by atoms with Crippen molar-refractivity contribution < 1.29 is 8.42 Å². The fourth-order valence-electron chi connectivity index (χ4n) is 3.14. The molecule has 0 aromatic rings. The van der Waals surface area contributed by atoms with Crippen LogP contribution in [-0.2, 0) is 9.84 Å². The van der Waals surface area contributed by atoms with Crippen LogP contribution in [0.5, 0.6) is 0 Å². The predicted octanol–water partition coefficient (Wildman–Crippen LogP) is 1.28. The van der Waals surface area contributed by atoms with Crippen LogP contribution in [0, 0.1) is 5.92 Å². The van der Waals surface area contributed by atoms with Crippen LogP contribution in [0.4, 0.5) is 0 Å². The highest BCUT2D eigenvalue weighted by atomic mass is 32.2. The number of rotatable bonds is 7. The third-order valence-corrected chi connectivity index (χ3v) is 6.17. The van der Waals surface area contributed by atoms with Crippen LogP contribution in [0.2, 0.25) is 0 Å². The summed E-state index contributed by atoms with van der Waals surface area (Å²) in [5, 5.41) is 3.46. The van der Waals surface area contributed by atoms with E-state index in [1.807, 2.05) is 0 Å². The molecule has 2 rings (SSSR count). The van der Waals surface area contributed by atoms with Gasteiger partial charge in [0, 0.05) is 0 Å². The molecule has 0 radical (unpaired) electrons. The molecule has 1 atom stereocenters. The number of nitrogens with zero attached hydrogens (tertiary/aromatic N) is 1. The van der Waals surface area contributed by atoms with Gasteiger partial charge >= 0.3 is 0 Å². The Balaban J connectivity index is 1.44. The zero-order valence-electron chi connectivity index (χ0n) is 11.9. The maximum Gasteiger partial charge on any atom is 0.150 e. The molecule has 2 heterocycles. The molecule has 0 amide bonds. The first-order valence-corrected chi connectivity index (χ1v) is 9.61. The van der Waals surface area contributed by atoms with E-state index < -0.39 is 9.84 Å². The van der Waals surface area contributed by atoms with Gasteiger partial charge in [0.1, 0.15) is 0 Å². The van der Waals surface area contributed by atoms with Crippen molar-refractivity contribution in [3.8, 4) is 0 Å². The topological polar surface area (TPSA) is 49.4 Å². The number of likely N-dealkylation sites (tertiary alicyclic amines) is 1. The van der Waals surface area contributed by atoms with Gasteiger partial charge in [-0.2, -0.15) is 0 Å². The van der Waals surface area contributed by atoms with Crippen molar-refractivity contribution >= 4 is 9.84 Å². The lowest BCUT2D eigenvalue weighted by atomic mass is 10.1. The molecule has 1 N–H and O–H groups in total. The van der Waals surface area contributed by atoms with Crippen molar-refractivity contribution in [1.29, 1.82) is 0 Å². The summed E-state index contributed by atoms with van der Waals surface area (Å²) in [6.45, 7) is 5.81. The van der Waals surface area contributed by atoms with Gasteiger partial charge in [-0.05, 0) is 70.7 Å². The minimum absolute atomic E-state index is 0.402. The summed E-state index contributed by atoms with van der Waals surface area (Å²) in [4.78, 5) is 2.56. The molecule has 19 heavy (non-hydrogen) atoms. The molecule has 0 aromatic heterocycles. The van der Waals surface area contributed by atoms with Crippen LogP contribution in [-0.4, -0.2) is 57.5 Å². The largest absolute Gasteiger partial charge is 0.317 e. The van der Waals surface area contributed by atoms with Crippen molar-refractivity contribution in [1.82, 2.24) is 10.2 Å². The number of sulfone groups is 1. The summed E-state index contributed by atoms with van der Waals surface area (Å²) in [5.74, 6) is 1.23. The molecule has 2 aliphatic rings. The fraction of sp³-hybridized carbons (Fsp3) is 1.00. The molecular formula is C14H28N2O2S. The summed E-state index contributed by atoms with van der Waals surface area (Å²) < 4.78 is 22.7. The maximum atomic E-state index is 11.3. The second-order valence-electron chi connectivity index (χ2n) is 6.06. The Labute approximate surface area is 117 Å². The van der Waals surface area contributed by atoms with E-state index in [-0.39, 0.29) is 0 Å². The van der Waals surface area contributed by atoms with Gasteiger partial charge < -0.3 is 10.2 Å². The number of piperidine rings is 1. The monoisotopic (exact) mass is 288 g/mol. The molecule has 5 heteroatoms. The Kier molecular flexibility index (Phi) is 6.10. The summed E-state index contributed by atoms with van der Waals surface area (Å²) in [7, 11) is -2.69. The summed E-state index contributed by atoms with van der Waals surface area (Å²) >= 11 is 0. The lowest BCUT2D eigenvalue weighted by Crippen LogP contribution is -2.32. The number of hydrogen-bond donors (Lipinski definition) is 1. The van der Waals surface area contributed by atoms with E-state index in [1.54, 1.807) is 0 Å². The quantitative estimate of drug-likeness (QED) is 0.717. The molecule has 2 fully saturated rings. The van der Waals surface area contributed by atoms with E-state index >= 15 is 0 Å². The van der Waals surface area contributed by atoms with Gasteiger partial charge in [0.25, 0.3) is 0 Å². The molecule has 0 spiro atoms. The first-order valence-electron chi connectivity index (χ1n) is 7.79. The van der Waals surface area contributed by atoms with Gasteiger partial charge in [0.2, 0.25) is 0 Å². The van der Waals surface area contributed by atoms with Crippen molar-refractivity contribution in [3.63, 3.8) is 0 Å². The maximum absolute atomic E-state index is 11.3. The highest BCUT2D eigenvalue weighted by molar-refractivity contribution is 7.91. The van der Waals surface area contributed by atoms with E-state index in [0.29, 0.717) is 17.4 Å². The van der Waals surface area contributed by atoms with Crippen molar-refractivity contribution in [3.05, 3.63) is 0 Å². The van der Waals surface area contributed by atoms with E-state index in [1.165, 1.54) is 45.3 Å². The van der Waals surface area contributed by atoms with Crippen molar-refractivity contribution in [2.45, 2.75) is 38.5 Å². The van der Waals surface area contributed by atoms with Crippen LogP contribution in [0.25, 0.3) is 0 Å². The predicted molar refractivity (Wildman–Crippen MR) is 79.2 cm³/mol. The van der Waals surface area contributed by atoms with Crippen LogP contribution >= 0.6 is 0 Å². The van der Waals surface area contributed by atoms with Crippen LogP contribution in [0.15, 0.2) is 0 Å². The highest BCUT2D eigenvalue weighted by Crippen LogP contribution is 2.20. The highest BCUT2D eigenvalue weighted by Gasteiger charge is 2.27. The average Bonchev–Trinajstić information content (AvgIpc) is 2.74. The zero-order chi connectivity index (χ0) is 13.6. The minimum atomic E-state index is -2.69. The number of hydrogen-bond acceptors (Lipinski definition) is 4. The molecule has 0 bridgehead atoms. The second-order valence-corrected chi connectivity index (χ2v) is 8.29. The zero-order valence-corrected chi connectivity index (χ0v) is 12.8. The van der Waals surface area contributed by atoms with Crippen molar-refractivity contribution in [2.75, 3.05) is 44.2 Å². The SMILES string of the molecule is O=S1(=O)CCC(CCNCCCN2CCCCC2)C1. The molecule has 0 saturated carbocycles. The molecule has 1 unspecified atom stereocenters. The van der Waals surface area contributed by atoms with Crippen molar-refractivity contribution in [2.24, 2.45) is 5.92 Å². The normalized spacial score (nSPS) is 27.7.